The van der Waals surface area contributed by atoms with E-state index in [1.807, 2.05) is 20.8 Å². The van der Waals surface area contributed by atoms with E-state index in [9.17, 15) is 4.79 Å². The van der Waals surface area contributed by atoms with Gasteiger partial charge in [0.1, 0.15) is 5.60 Å². The second-order valence-electron chi connectivity index (χ2n) is 6.80. The summed E-state index contributed by atoms with van der Waals surface area (Å²) in [5.41, 5.74) is -0.264. The van der Waals surface area contributed by atoms with Crippen LogP contribution in [-0.4, -0.2) is 42.3 Å². The maximum atomic E-state index is 12.0. The molecule has 0 aromatic rings. The van der Waals surface area contributed by atoms with Crippen LogP contribution in [0.2, 0.25) is 0 Å². The summed E-state index contributed by atoms with van der Waals surface area (Å²) in [5.74, 6) is 0. The van der Waals surface area contributed by atoms with Crippen LogP contribution in [0.3, 0.4) is 0 Å². The van der Waals surface area contributed by atoms with E-state index in [0.717, 1.165) is 19.6 Å². The minimum atomic E-state index is -0.417. The number of rotatable bonds is 0. The number of nitrogens with zero attached hydrogens (tertiary/aromatic N) is 1. The molecule has 0 aromatic heterocycles. The van der Waals surface area contributed by atoms with Crippen molar-refractivity contribution < 1.29 is 9.53 Å². The molecule has 0 spiro atoms. The Balaban J connectivity index is 0.00000289. The summed E-state index contributed by atoms with van der Waals surface area (Å²) < 4.78 is 5.40. The average Bonchev–Trinajstić information content (AvgIpc) is 2.14. The normalized spacial score (nSPS) is 21.2. The number of piperazine rings is 1. The van der Waals surface area contributed by atoms with Crippen molar-refractivity contribution in [2.24, 2.45) is 5.41 Å². The van der Waals surface area contributed by atoms with E-state index in [0.29, 0.717) is 6.04 Å². The van der Waals surface area contributed by atoms with Crippen LogP contribution in [-0.2, 0) is 4.74 Å². The third-order valence-electron chi connectivity index (χ3n) is 2.87. The third-order valence-corrected chi connectivity index (χ3v) is 2.87. The van der Waals surface area contributed by atoms with Gasteiger partial charge in [-0.1, -0.05) is 20.8 Å². The van der Waals surface area contributed by atoms with Crippen molar-refractivity contribution >= 4 is 18.5 Å². The van der Waals surface area contributed by atoms with Gasteiger partial charge >= 0.3 is 6.09 Å². The quantitative estimate of drug-likeness (QED) is 0.741. The Kier molecular flexibility index (Phi) is 5.95. The largest absolute Gasteiger partial charge is 0.444 e. The lowest BCUT2D eigenvalue weighted by Gasteiger charge is -2.40. The number of carbonyl (C=O) groups is 1. The lowest BCUT2D eigenvalue weighted by molar-refractivity contribution is 0.0148. The van der Waals surface area contributed by atoms with Gasteiger partial charge in [0.25, 0.3) is 0 Å². The minimum absolute atomic E-state index is 0. The Hall–Kier alpha value is -0.480. The van der Waals surface area contributed by atoms with Crippen molar-refractivity contribution in [1.29, 1.82) is 0 Å². The molecule has 0 aliphatic carbocycles. The number of hydrogen-bond acceptors (Lipinski definition) is 3. The van der Waals surface area contributed by atoms with E-state index in [2.05, 4.69) is 26.1 Å². The zero-order valence-corrected chi connectivity index (χ0v) is 13.2. The summed E-state index contributed by atoms with van der Waals surface area (Å²) in [5, 5.41) is 3.46. The molecule has 18 heavy (non-hydrogen) atoms. The highest BCUT2D eigenvalue weighted by molar-refractivity contribution is 5.85. The van der Waals surface area contributed by atoms with E-state index >= 15 is 0 Å². The summed E-state index contributed by atoms with van der Waals surface area (Å²) in [6.07, 6.45) is -0.201. The lowest BCUT2D eigenvalue weighted by Crippen LogP contribution is -2.57. The smallest absolute Gasteiger partial charge is 0.410 e. The summed E-state index contributed by atoms with van der Waals surface area (Å²) >= 11 is 0. The first-order valence-electron chi connectivity index (χ1n) is 6.31. The first-order valence-corrected chi connectivity index (χ1v) is 6.31. The molecule has 1 aliphatic heterocycles. The lowest BCUT2D eigenvalue weighted by atomic mass is 9.85. The molecule has 1 aliphatic rings. The predicted octanol–water partition coefficient (Wildman–Crippen LogP) is 2.66. The van der Waals surface area contributed by atoms with Crippen LogP contribution in [0.1, 0.15) is 41.5 Å². The summed E-state index contributed by atoms with van der Waals surface area (Å²) in [6.45, 7) is 14.5. The van der Waals surface area contributed by atoms with Gasteiger partial charge in [-0.25, -0.2) is 4.79 Å². The molecule has 5 heteroatoms. The van der Waals surface area contributed by atoms with Gasteiger partial charge in [0.05, 0.1) is 0 Å². The molecule has 108 valence electrons. The minimum Gasteiger partial charge on any atom is -0.444 e. The van der Waals surface area contributed by atoms with Crippen molar-refractivity contribution in [2.45, 2.75) is 53.2 Å². The number of halogens is 1. The molecule has 0 unspecified atom stereocenters. The fourth-order valence-electron chi connectivity index (χ4n) is 1.82. The number of amides is 1. The maximum absolute atomic E-state index is 12.0. The van der Waals surface area contributed by atoms with Gasteiger partial charge in [-0.15, -0.1) is 12.4 Å². The van der Waals surface area contributed by atoms with Gasteiger partial charge < -0.3 is 15.0 Å². The van der Waals surface area contributed by atoms with Gasteiger partial charge in [0, 0.05) is 25.7 Å². The topological polar surface area (TPSA) is 41.6 Å². The van der Waals surface area contributed by atoms with Gasteiger partial charge in [-0.05, 0) is 26.2 Å². The van der Waals surface area contributed by atoms with E-state index < -0.39 is 5.60 Å². The third kappa shape index (κ3) is 5.44. The Morgan fingerprint density at radius 3 is 2.22 bits per heavy atom. The number of nitrogens with one attached hydrogen (secondary N) is 1. The van der Waals surface area contributed by atoms with E-state index in [-0.39, 0.29) is 23.9 Å². The molecular weight excluding hydrogens is 252 g/mol. The van der Waals surface area contributed by atoms with Crippen molar-refractivity contribution in [1.82, 2.24) is 10.2 Å². The molecule has 1 saturated heterocycles. The Morgan fingerprint density at radius 1 is 1.22 bits per heavy atom. The van der Waals surface area contributed by atoms with Crippen LogP contribution in [0.5, 0.6) is 0 Å². The van der Waals surface area contributed by atoms with Crippen LogP contribution in [0, 0.1) is 5.41 Å². The second-order valence-corrected chi connectivity index (χ2v) is 6.80. The molecule has 4 nitrogen and oxygen atoms in total. The highest BCUT2D eigenvalue weighted by Gasteiger charge is 2.32. The van der Waals surface area contributed by atoms with Gasteiger partial charge in [0.2, 0.25) is 0 Å². The van der Waals surface area contributed by atoms with Gasteiger partial charge in [0.15, 0.2) is 0 Å². The predicted molar refractivity (Wildman–Crippen MR) is 76.3 cm³/mol. The summed E-state index contributed by atoms with van der Waals surface area (Å²) in [7, 11) is 0. The second kappa shape index (κ2) is 6.11. The number of hydrogen-bond donors (Lipinski definition) is 1. The fraction of sp³-hybridized carbons (Fsp3) is 0.923. The molecule has 1 atom stereocenters. The first kappa shape index (κ1) is 17.5. The standard InChI is InChI=1S/C13H26N2O2.ClH/c1-12(2,3)10-9-15(8-7-14-10)11(16)17-13(4,5)6;/h10,14H,7-9H2,1-6H3;1H/t10-;/m0./s1. The highest BCUT2D eigenvalue weighted by Crippen LogP contribution is 2.22. The van der Waals surface area contributed by atoms with Gasteiger partial charge in [-0.3, -0.25) is 0 Å². The van der Waals surface area contributed by atoms with Crippen LogP contribution >= 0.6 is 12.4 Å². The average molecular weight is 279 g/mol. The molecule has 0 radical (unpaired) electrons. The van der Waals surface area contributed by atoms with Crippen LogP contribution in [0.25, 0.3) is 0 Å². The molecule has 1 fully saturated rings. The Bertz CT molecular complexity index is 282. The van der Waals surface area contributed by atoms with Crippen molar-refractivity contribution in [3.63, 3.8) is 0 Å². The van der Waals surface area contributed by atoms with Crippen molar-refractivity contribution in [2.75, 3.05) is 19.6 Å². The SMILES string of the molecule is CC(C)(C)OC(=O)N1CCN[C@H](C(C)(C)C)C1.Cl. The maximum Gasteiger partial charge on any atom is 0.410 e. The van der Waals surface area contributed by atoms with E-state index in [1.54, 1.807) is 4.90 Å². The van der Waals surface area contributed by atoms with Crippen molar-refractivity contribution in [3.8, 4) is 0 Å². The molecule has 1 heterocycles. The molecule has 0 aromatic carbocycles. The van der Waals surface area contributed by atoms with Crippen LogP contribution in [0.4, 0.5) is 4.79 Å². The van der Waals surface area contributed by atoms with E-state index in [1.165, 1.54) is 0 Å². The monoisotopic (exact) mass is 278 g/mol. The first-order chi connectivity index (χ1) is 7.59. The van der Waals surface area contributed by atoms with Crippen molar-refractivity contribution in [3.05, 3.63) is 0 Å². The zero-order chi connectivity index (χ0) is 13.3. The molecule has 0 saturated carbocycles. The zero-order valence-electron chi connectivity index (χ0n) is 12.4. The molecule has 1 rings (SSSR count). The highest BCUT2D eigenvalue weighted by atomic mass is 35.5. The number of carbonyl (C=O) groups excluding carboxylic acids is 1. The Labute approximate surface area is 117 Å². The Morgan fingerprint density at radius 2 is 1.78 bits per heavy atom. The summed E-state index contributed by atoms with van der Waals surface area (Å²) in [4.78, 5) is 13.8. The van der Waals surface area contributed by atoms with Crippen LogP contribution in [0.15, 0.2) is 0 Å². The van der Waals surface area contributed by atoms with Gasteiger partial charge in [-0.2, -0.15) is 0 Å². The van der Waals surface area contributed by atoms with E-state index in [4.69, 9.17) is 4.74 Å². The number of ether oxygens (including phenoxy) is 1. The molecule has 1 amide bonds. The molecular formula is C13H27ClN2O2. The fourth-order valence-corrected chi connectivity index (χ4v) is 1.82. The molecule has 0 bridgehead atoms. The summed E-state index contributed by atoms with van der Waals surface area (Å²) in [6, 6.07) is 0.323. The molecule has 1 N–H and O–H groups in total. The van der Waals surface area contributed by atoms with Crippen LogP contribution < -0.4 is 5.32 Å².